The van der Waals surface area contributed by atoms with Crippen molar-refractivity contribution in [3.63, 3.8) is 0 Å². The molecule has 0 spiro atoms. The molecule has 1 aromatic carbocycles. The predicted octanol–water partition coefficient (Wildman–Crippen LogP) is 3.23. The Hall–Kier alpha value is -1.10. The highest BCUT2D eigenvalue weighted by molar-refractivity contribution is 6.42. The highest BCUT2D eigenvalue weighted by atomic mass is 35.5. The van der Waals surface area contributed by atoms with Gasteiger partial charge in [-0.3, -0.25) is 0 Å². The lowest BCUT2D eigenvalue weighted by Gasteiger charge is -2.06. The number of hydrogen-bond acceptors (Lipinski definition) is 3. The molecule has 92 valence electrons. The van der Waals surface area contributed by atoms with Crippen LogP contribution in [0.4, 0.5) is 5.69 Å². The third kappa shape index (κ3) is 3.70. The molecule has 2 N–H and O–H groups in total. The van der Waals surface area contributed by atoms with Crippen LogP contribution in [0.25, 0.3) is 0 Å². The van der Waals surface area contributed by atoms with Crippen LogP contribution in [0.15, 0.2) is 30.6 Å². The smallest absolute Gasteiger partial charge is 0.180 e. The van der Waals surface area contributed by atoms with Crippen molar-refractivity contribution in [2.45, 2.75) is 6.73 Å². The fourth-order valence-corrected chi connectivity index (χ4v) is 1.45. The number of anilines is 1. The molecule has 2 aromatic rings. The van der Waals surface area contributed by atoms with Crippen molar-refractivity contribution in [2.75, 3.05) is 5.73 Å². The summed E-state index contributed by atoms with van der Waals surface area (Å²) in [5, 5.41) is 4.93. The van der Waals surface area contributed by atoms with Crippen LogP contribution in [0.2, 0.25) is 10.0 Å². The maximum absolute atomic E-state index is 5.85. The molecule has 4 nitrogen and oxygen atoms in total. The molecule has 0 aliphatic heterocycles. The van der Waals surface area contributed by atoms with Gasteiger partial charge in [-0.2, -0.15) is 5.10 Å². The molecule has 0 aliphatic carbocycles. The number of halogens is 3. The van der Waals surface area contributed by atoms with E-state index < -0.39 is 0 Å². The number of hydrogen-bond donors (Lipinski definition) is 1. The number of aromatic nitrogens is 2. The summed E-state index contributed by atoms with van der Waals surface area (Å²) < 4.78 is 7.02. The average Bonchev–Trinajstić information content (AvgIpc) is 2.66. The van der Waals surface area contributed by atoms with Gasteiger partial charge in [0.25, 0.3) is 0 Å². The second kappa shape index (κ2) is 6.00. The first-order valence-electron chi connectivity index (χ1n) is 4.51. The molecule has 1 aromatic heterocycles. The Morgan fingerprint density at radius 3 is 2.65 bits per heavy atom. The van der Waals surface area contributed by atoms with Crippen molar-refractivity contribution in [1.82, 2.24) is 9.78 Å². The summed E-state index contributed by atoms with van der Waals surface area (Å²) >= 11 is 11.6. The topological polar surface area (TPSA) is 53.1 Å². The third-order valence-electron chi connectivity index (χ3n) is 1.91. The highest BCUT2D eigenvalue weighted by Crippen LogP contribution is 2.26. The molecule has 1 heterocycles. The molecule has 0 radical (unpaired) electrons. The summed E-state index contributed by atoms with van der Waals surface area (Å²) in [6.45, 7) is 0.273. The lowest BCUT2D eigenvalue weighted by atomic mass is 10.3. The number of nitrogens with zero attached hydrogens (tertiary/aromatic N) is 2. The van der Waals surface area contributed by atoms with E-state index in [1.807, 2.05) is 0 Å². The number of rotatable bonds is 3. The van der Waals surface area contributed by atoms with Crippen LogP contribution in [0.3, 0.4) is 0 Å². The maximum Gasteiger partial charge on any atom is 0.180 e. The molecular weight excluding hydrogens is 284 g/mol. The average molecular weight is 295 g/mol. The monoisotopic (exact) mass is 293 g/mol. The maximum atomic E-state index is 5.85. The van der Waals surface area contributed by atoms with Gasteiger partial charge in [-0.05, 0) is 12.1 Å². The fourth-order valence-electron chi connectivity index (χ4n) is 1.16. The normalized spacial score (nSPS) is 9.76. The zero-order chi connectivity index (χ0) is 11.5. The first kappa shape index (κ1) is 14.0. The predicted molar refractivity (Wildman–Crippen MR) is 71.0 cm³/mol. The van der Waals surface area contributed by atoms with E-state index in [0.29, 0.717) is 21.5 Å². The molecular formula is C10H10Cl3N3O. The third-order valence-corrected chi connectivity index (χ3v) is 2.65. The van der Waals surface area contributed by atoms with Crippen molar-refractivity contribution < 1.29 is 4.74 Å². The zero-order valence-corrected chi connectivity index (χ0v) is 11.0. The highest BCUT2D eigenvalue weighted by Gasteiger charge is 2.01. The summed E-state index contributed by atoms with van der Waals surface area (Å²) in [5.74, 6) is 0.628. The fraction of sp³-hybridized carbons (Fsp3) is 0.100. The van der Waals surface area contributed by atoms with Crippen molar-refractivity contribution in [1.29, 1.82) is 0 Å². The van der Waals surface area contributed by atoms with Gasteiger partial charge in [0.1, 0.15) is 5.75 Å². The van der Waals surface area contributed by atoms with Crippen molar-refractivity contribution in [3.05, 3.63) is 40.6 Å². The van der Waals surface area contributed by atoms with E-state index in [9.17, 15) is 0 Å². The second-order valence-corrected chi connectivity index (χ2v) is 3.98. The molecule has 0 aliphatic rings. The standard InChI is InChI=1S/C10H9Cl2N3O.ClH/c11-9-2-1-8(3-10(9)12)16-6-15-5-7(13)4-14-15;/h1-5H,6,13H2;1H. The SMILES string of the molecule is Cl.Nc1cnn(COc2ccc(Cl)c(Cl)c2)c1. The van der Waals surface area contributed by atoms with Crippen LogP contribution < -0.4 is 10.5 Å². The Balaban J connectivity index is 0.00000144. The number of benzene rings is 1. The van der Waals surface area contributed by atoms with Crippen molar-refractivity contribution >= 4 is 41.3 Å². The van der Waals surface area contributed by atoms with Crippen molar-refractivity contribution in [3.8, 4) is 5.75 Å². The van der Waals surface area contributed by atoms with Crippen LogP contribution in [0.1, 0.15) is 0 Å². The Morgan fingerprint density at radius 1 is 1.29 bits per heavy atom. The largest absolute Gasteiger partial charge is 0.471 e. The van der Waals surface area contributed by atoms with Crippen LogP contribution in [0, 0.1) is 0 Å². The molecule has 0 unspecified atom stereocenters. The second-order valence-electron chi connectivity index (χ2n) is 3.16. The van der Waals surface area contributed by atoms with Crippen LogP contribution in [-0.2, 0) is 6.73 Å². The molecule has 17 heavy (non-hydrogen) atoms. The van der Waals surface area contributed by atoms with Gasteiger partial charge < -0.3 is 10.5 Å². The summed E-state index contributed by atoms with van der Waals surface area (Å²) in [6.07, 6.45) is 3.23. The first-order chi connectivity index (χ1) is 7.65. The van der Waals surface area contributed by atoms with E-state index in [1.54, 1.807) is 35.3 Å². The van der Waals surface area contributed by atoms with Gasteiger partial charge in [0.15, 0.2) is 6.73 Å². The summed E-state index contributed by atoms with van der Waals surface area (Å²) in [4.78, 5) is 0. The Kier molecular flexibility index (Phi) is 4.93. The minimum Gasteiger partial charge on any atom is -0.471 e. The Morgan fingerprint density at radius 2 is 2.06 bits per heavy atom. The van der Waals surface area contributed by atoms with Crippen molar-refractivity contribution in [2.24, 2.45) is 0 Å². The molecule has 0 saturated heterocycles. The molecule has 0 saturated carbocycles. The van der Waals surface area contributed by atoms with Crippen LogP contribution >= 0.6 is 35.6 Å². The van der Waals surface area contributed by atoms with E-state index in [2.05, 4.69) is 5.10 Å². The molecule has 0 atom stereocenters. The summed E-state index contributed by atoms with van der Waals surface area (Å²) in [7, 11) is 0. The lowest BCUT2D eigenvalue weighted by molar-refractivity contribution is 0.221. The summed E-state index contributed by atoms with van der Waals surface area (Å²) in [5.41, 5.74) is 6.11. The minimum absolute atomic E-state index is 0. The van der Waals surface area contributed by atoms with E-state index in [-0.39, 0.29) is 19.1 Å². The van der Waals surface area contributed by atoms with Gasteiger partial charge in [-0.15, -0.1) is 12.4 Å². The van der Waals surface area contributed by atoms with E-state index in [4.69, 9.17) is 33.7 Å². The van der Waals surface area contributed by atoms with E-state index in [0.717, 1.165) is 0 Å². The molecule has 0 bridgehead atoms. The number of nitrogen functional groups attached to an aromatic ring is 1. The zero-order valence-electron chi connectivity index (χ0n) is 8.64. The van der Waals surface area contributed by atoms with Gasteiger partial charge in [0.05, 0.1) is 28.1 Å². The first-order valence-corrected chi connectivity index (χ1v) is 5.26. The number of ether oxygens (including phenoxy) is 1. The summed E-state index contributed by atoms with van der Waals surface area (Å²) in [6, 6.07) is 5.06. The molecule has 7 heteroatoms. The lowest BCUT2D eigenvalue weighted by Crippen LogP contribution is -2.05. The van der Waals surface area contributed by atoms with E-state index >= 15 is 0 Å². The quantitative estimate of drug-likeness (QED) is 0.945. The van der Waals surface area contributed by atoms with Crippen LogP contribution in [0.5, 0.6) is 5.75 Å². The van der Waals surface area contributed by atoms with Gasteiger partial charge >= 0.3 is 0 Å². The van der Waals surface area contributed by atoms with Gasteiger partial charge in [0, 0.05) is 6.07 Å². The molecule has 2 rings (SSSR count). The van der Waals surface area contributed by atoms with Crippen LogP contribution in [-0.4, -0.2) is 9.78 Å². The molecule has 0 fully saturated rings. The van der Waals surface area contributed by atoms with Gasteiger partial charge in [0.2, 0.25) is 0 Å². The Bertz CT molecular complexity index is 501. The number of nitrogens with two attached hydrogens (primary N) is 1. The van der Waals surface area contributed by atoms with Gasteiger partial charge in [-0.1, -0.05) is 23.2 Å². The molecule has 0 amide bonds. The minimum atomic E-state index is 0. The Labute approximate surface area is 115 Å². The van der Waals surface area contributed by atoms with E-state index in [1.165, 1.54) is 0 Å². The van der Waals surface area contributed by atoms with Gasteiger partial charge in [-0.25, -0.2) is 4.68 Å².